The number of ether oxygens (including phenoxy) is 2. The van der Waals surface area contributed by atoms with Crippen molar-refractivity contribution in [2.45, 2.75) is 57.3 Å². The number of carboxylic acid groups (broad SMARTS) is 1. The highest BCUT2D eigenvalue weighted by Crippen LogP contribution is 2.39. The van der Waals surface area contributed by atoms with E-state index in [2.05, 4.69) is 37.2 Å². The van der Waals surface area contributed by atoms with E-state index in [0.717, 1.165) is 78.5 Å². The van der Waals surface area contributed by atoms with E-state index in [1.54, 1.807) is 12.4 Å². The number of amides is 1. The first-order valence-electron chi connectivity index (χ1n) is 16.9. The molecule has 256 valence electrons. The summed E-state index contributed by atoms with van der Waals surface area (Å²) in [5.41, 5.74) is 5.87. The van der Waals surface area contributed by atoms with E-state index in [4.69, 9.17) is 14.6 Å². The van der Waals surface area contributed by atoms with Gasteiger partial charge in [-0.3, -0.25) is 14.5 Å². The zero-order valence-corrected chi connectivity index (χ0v) is 27.5. The van der Waals surface area contributed by atoms with Gasteiger partial charge in [0.1, 0.15) is 0 Å². The number of aromatic nitrogens is 2. The van der Waals surface area contributed by atoms with E-state index in [1.165, 1.54) is 0 Å². The molecule has 11 nitrogen and oxygen atoms in total. The SMILES string of the molecule is O=C(O)CCCC(=O)NCc1cccc(-c2ccc([C@@H]3O[C@H](CN4CCN(c5ncccn5)CC4)C[C@H](c4ccc(CO)cc4)O3)cc2)c1. The monoisotopic (exact) mass is 665 g/mol. The van der Waals surface area contributed by atoms with Gasteiger partial charge in [-0.15, -0.1) is 0 Å². The van der Waals surface area contributed by atoms with Crippen LogP contribution in [0.3, 0.4) is 0 Å². The van der Waals surface area contributed by atoms with Crippen molar-refractivity contribution < 1.29 is 29.3 Å². The molecule has 1 amide bonds. The molecule has 3 atom stereocenters. The predicted octanol–water partition coefficient (Wildman–Crippen LogP) is 4.87. The third kappa shape index (κ3) is 9.48. The van der Waals surface area contributed by atoms with E-state index in [1.807, 2.05) is 66.7 Å². The number of hydrogen-bond acceptors (Lipinski definition) is 9. The van der Waals surface area contributed by atoms with Crippen LogP contribution in [0.15, 0.2) is 91.3 Å². The zero-order valence-electron chi connectivity index (χ0n) is 27.5. The van der Waals surface area contributed by atoms with Gasteiger partial charge < -0.3 is 29.9 Å². The minimum Gasteiger partial charge on any atom is -0.481 e. The van der Waals surface area contributed by atoms with Crippen LogP contribution >= 0.6 is 0 Å². The molecule has 1 aromatic heterocycles. The summed E-state index contributed by atoms with van der Waals surface area (Å²) in [5, 5.41) is 21.2. The maximum Gasteiger partial charge on any atom is 0.303 e. The maximum absolute atomic E-state index is 12.1. The summed E-state index contributed by atoms with van der Waals surface area (Å²) in [7, 11) is 0. The fraction of sp³-hybridized carbons (Fsp3) is 0.368. The van der Waals surface area contributed by atoms with Gasteiger partial charge in [-0.25, -0.2) is 9.97 Å². The summed E-state index contributed by atoms with van der Waals surface area (Å²) in [5.74, 6) is -0.290. The molecule has 6 rings (SSSR count). The van der Waals surface area contributed by atoms with Gasteiger partial charge in [-0.1, -0.05) is 66.7 Å². The molecule has 2 aliphatic rings. The van der Waals surface area contributed by atoms with Gasteiger partial charge in [-0.2, -0.15) is 0 Å². The van der Waals surface area contributed by atoms with Crippen LogP contribution in [0.25, 0.3) is 11.1 Å². The van der Waals surface area contributed by atoms with Gasteiger partial charge >= 0.3 is 5.97 Å². The van der Waals surface area contributed by atoms with Crippen molar-refractivity contribution in [3.05, 3.63) is 114 Å². The lowest BCUT2D eigenvalue weighted by atomic mass is 9.98. The van der Waals surface area contributed by atoms with E-state index < -0.39 is 12.3 Å². The largest absolute Gasteiger partial charge is 0.481 e. The summed E-state index contributed by atoms with van der Waals surface area (Å²) in [6, 6.07) is 26.0. The molecule has 0 bridgehead atoms. The molecule has 0 radical (unpaired) electrons. The molecule has 0 saturated carbocycles. The molecule has 0 unspecified atom stereocenters. The van der Waals surface area contributed by atoms with Crippen LogP contribution in [0.2, 0.25) is 0 Å². The maximum atomic E-state index is 12.1. The van der Waals surface area contributed by atoms with Crippen LogP contribution in [-0.4, -0.2) is 75.8 Å². The molecule has 3 heterocycles. The Morgan fingerprint density at radius 2 is 1.55 bits per heavy atom. The number of benzene rings is 3. The number of hydrogen-bond donors (Lipinski definition) is 3. The number of rotatable bonds is 13. The van der Waals surface area contributed by atoms with Gasteiger partial charge in [0.25, 0.3) is 0 Å². The lowest BCUT2D eigenvalue weighted by Crippen LogP contribution is -2.50. The molecule has 0 spiro atoms. The van der Waals surface area contributed by atoms with Gasteiger partial charge in [0.05, 0.1) is 18.8 Å². The molecule has 49 heavy (non-hydrogen) atoms. The minimum absolute atomic E-state index is 0.00133. The molecular weight excluding hydrogens is 622 g/mol. The topological polar surface area (TPSA) is 137 Å². The number of nitrogens with zero attached hydrogens (tertiary/aromatic N) is 4. The molecule has 2 fully saturated rings. The smallest absolute Gasteiger partial charge is 0.303 e. The lowest BCUT2D eigenvalue weighted by molar-refractivity contribution is -0.253. The Bertz CT molecular complexity index is 1660. The first-order valence-corrected chi connectivity index (χ1v) is 16.9. The summed E-state index contributed by atoms with van der Waals surface area (Å²) >= 11 is 0. The van der Waals surface area contributed by atoms with Crippen LogP contribution in [0.5, 0.6) is 0 Å². The molecule has 11 heteroatoms. The Morgan fingerprint density at radius 1 is 0.816 bits per heavy atom. The van der Waals surface area contributed by atoms with Crippen molar-refractivity contribution in [2.24, 2.45) is 0 Å². The number of anilines is 1. The number of carboxylic acids is 1. The molecule has 2 aliphatic heterocycles. The minimum atomic E-state index is -0.897. The van der Waals surface area contributed by atoms with Crippen molar-refractivity contribution >= 4 is 17.8 Å². The van der Waals surface area contributed by atoms with E-state index in [-0.39, 0.29) is 37.6 Å². The van der Waals surface area contributed by atoms with Gasteiger partial charge in [0, 0.05) is 76.5 Å². The molecule has 4 aromatic rings. The third-order valence-corrected chi connectivity index (χ3v) is 9.01. The molecule has 2 saturated heterocycles. The quantitative estimate of drug-likeness (QED) is 0.181. The number of aliphatic carboxylic acids is 1. The molecule has 3 N–H and O–H groups in total. The fourth-order valence-corrected chi connectivity index (χ4v) is 6.29. The molecular formula is C38H43N5O6. The summed E-state index contributed by atoms with van der Waals surface area (Å²) in [6.07, 6.45) is 4.02. The van der Waals surface area contributed by atoms with Crippen molar-refractivity contribution in [1.82, 2.24) is 20.2 Å². The number of nitrogens with one attached hydrogen (secondary N) is 1. The van der Waals surface area contributed by atoms with Gasteiger partial charge in [0.15, 0.2) is 6.29 Å². The first-order chi connectivity index (χ1) is 23.9. The van der Waals surface area contributed by atoms with Gasteiger partial charge in [-0.05, 0) is 46.4 Å². The van der Waals surface area contributed by atoms with Crippen molar-refractivity contribution in [3.63, 3.8) is 0 Å². The van der Waals surface area contributed by atoms with E-state index in [0.29, 0.717) is 13.0 Å². The van der Waals surface area contributed by atoms with Crippen LogP contribution in [0.4, 0.5) is 5.95 Å². The summed E-state index contributed by atoms with van der Waals surface area (Å²) < 4.78 is 13.2. The number of aliphatic hydroxyl groups excluding tert-OH is 1. The Labute approximate surface area is 286 Å². The standard InChI is InChI=1S/C38H43N5O6/c44-26-27-8-10-30(11-9-27)34-23-33(25-42-18-20-43(21-19-42)38-39-16-3-17-40-38)48-37(49-34)31-14-12-29(13-15-31)32-5-1-4-28(22-32)24-41-35(45)6-2-7-36(46)47/h1,3-5,8-17,22,33-34,37,44H,2,6-7,18-21,23-26H2,(H,41,45)(H,46,47)/t33-,34+,37+/m0/s1. The van der Waals surface area contributed by atoms with Crippen molar-refractivity contribution in [1.29, 1.82) is 0 Å². The Balaban J connectivity index is 1.11. The zero-order chi connectivity index (χ0) is 34.0. The van der Waals surface area contributed by atoms with Crippen LogP contribution in [-0.2, 0) is 32.2 Å². The third-order valence-electron chi connectivity index (χ3n) is 9.01. The number of carbonyl (C=O) groups excluding carboxylic acids is 1. The average molecular weight is 666 g/mol. The number of carbonyl (C=O) groups is 2. The van der Waals surface area contributed by atoms with Gasteiger partial charge in [0.2, 0.25) is 11.9 Å². The Morgan fingerprint density at radius 3 is 2.27 bits per heavy atom. The number of piperazine rings is 1. The van der Waals surface area contributed by atoms with Crippen molar-refractivity contribution in [3.8, 4) is 11.1 Å². The highest BCUT2D eigenvalue weighted by atomic mass is 16.7. The Hall–Kier alpha value is -4.68. The molecule has 3 aromatic carbocycles. The lowest BCUT2D eigenvalue weighted by Gasteiger charge is -2.40. The summed E-state index contributed by atoms with van der Waals surface area (Å²) in [6.45, 7) is 4.64. The predicted molar refractivity (Wildman–Crippen MR) is 184 cm³/mol. The highest BCUT2D eigenvalue weighted by Gasteiger charge is 2.34. The second-order valence-corrected chi connectivity index (χ2v) is 12.5. The summed E-state index contributed by atoms with van der Waals surface area (Å²) in [4.78, 5) is 36.3. The second-order valence-electron chi connectivity index (χ2n) is 12.5. The first kappa shape index (κ1) is 34.2. The molecule has 0 aliphatic carbocycles. The Kier molecular flexibility index (Phi) is 11.6. The van der Waals surface area contributed by atoms with Crippen LogP contribution < -0.4 is 10.2 Å². The number of aliphatic hydroxyl groups is 1. The average Bonchev–Trinajstić information content (AvgIpc) is 3.14. The van der Waals surface area contributed by atoms with E-state index >= 15 is 0 Å². The normalized spacial score (nSPS) is 19.8. The van der Waals surface area contributed by atoms with E-state index in [9.17, 15) is 14.7 Å². The van der Waals surface area contributed by atoms with Crippen molar-refractivity contribution in [2.75, 3.05) is 37.6 Å². The second kappa shape index (κ2) is 16.6. The van der Waals surface area contributed by atoms with Crippen LogP contribution in [0.1, 0.15) is 60.3 Å². The fourth-order valence-electron chi connectivity index (χ4n) is 6.29. The highest BCUT2D eigenvalue weighted by molar-refractivity contribution is 5.76. The van der Waals surface area contributed by atoms with Crippen LogP contribution in [0, 0.1) is 0 Å².